The quantitative estimate of drug-likeness (QED) is 0.731. The normalized spacial score (nSPS) is 10.1. The zero-order valence-electron chi connectivity index (χ0n) is 9.29. The van der Waals surface area contributed by atoms with Gasteiger partial charge in [-0.3, -0.25) is 0 Å². The number of nitrogens with one attached hydrogen (secondary N) is 1. The van der Waals surface area contributed by atoms with Crippen molar-refractivity contribution in [1.29, 1.82) is 0 Å². The smallest absolute Gasteiger partial charge is 0.337 e. The van der Waals surface area contributed by atoms with Crippen molar-refractivity contribution in [2.75, 3.05) is 11.9 Å². The van der Waals surface area contributed by atoms with Crippen molar-refractivity contribution in [2.24, 2.45) is 0 Å². The second-order valence-electron chi connectivity index (χ2n) is 3.63. The van der Waals surface area contributed by atoms with Crippen LogP contribution in [0.15, 0.2) is 18.2 Å². The minimum atomic E-state index is -1.11. The Kier molecular flexibility index (Phi) is 4.76. The van der Waals surface area contributed by atoms with E-state index in [4.69, 9.17) is 5.11 Å². The van der Waals surface area contributed by atoms with Crippen LogP contribution < -0.4 is 5.32 Å². The van der Waals surface area contributed by atoms with Crippen LogP contribution in [0.1, 0.15) is 36.5 Å². The highest BCUT2D eigenvalue weighted by Crippen LogP contribution is 2.17. The van der Waals surface area contributed by atoms with E-state index in [-0.39, 0.29) is 5.56 Å². The lowest BCUT2D eigenvalue weighted by Gasteiger charge is -2.09. The van der Waals surface area contributed by atoms with E-state index in [0.717, 1.165) is 25.3 Å². The molecular weight excluding hydrogens is 209 g/mol. The van der Waals surface area contributed by atoms with Gasteiger partial charge in [-0.1, -0.05) is 19.8 Å². The maximum atomic E-state index is 12.9. The second kappa shape index (κ2) is 6.10. The van der Waals surface area contributed by atoms with E-state index in [1.807, 2.05) is 0 Å². The van der Waals surface area contributed by atoms with Crippen molar-refractivity contribution in [3.05, 3.63) is 29.6 Å². The summed E-state index contributed by atoms with van der Waals surface area (Å²) in [7, 11) is 0. The first-order valence-corrected chi connectivity index (χ1v) is 5.42. The third kappa shape index (κ3) is 3.53. The fourth-order valence-electron chi connectivity index (χ4n) is 1.45. The van der Waals surface area contributed by atoms with Gasteiger partial charge in [-0.2, -0.15) is 0 Å². The molecule has 0 atom stereocenters. The molecule has 0 aliphatic rings. The monoisotopic (exact) mass is 225 g/mol. The molecule has 0 radical (unpaired) electrons. The van der Waals surface area contributed by atoms with E-state index in [2.05, 4.69) is 12.2 Å². The Balaban J connectivity index is 2.67. The summed E-state index contributed by atoms with van der Waals surface area (Å²) in [5.74, 6) is -1.64. The number of unbranched alkanes of at least 4 members (excludes halogenated alkanes) is 2. The van der Waals surface area contributed by atoms with Crippen LogP contribution in [0.5, 0.6) is 0 Å². The number of carboxylic acids is 1. The number of benzene rings is 1. The number of carbonyl (C=O) groups is 1. The first-order chi connectivity index (χ1) is 7.65. The predicted octanol–water partition coefficient (Wildman–Crippen LogP) is 3.13. The summed E-state index contributed by atoms with van der Waals surface area (Å²) in [5.41, 5.74) is 0.460. The molecule has 0 heterocycles. The Bertz CT molecular complexity index is 366. The predicted molar refractivity (Wildman–Crippen MR) is 61.4 cm³/mol. The Labute approximate surface area is 94.3 Å². The molecule has 0 aromatic heterocycles. The van der Waals surface area contributed by atoms with E-state index >= 15 is 0 Å². The van der Waals surface area contributed by atoms with E-state index in [9.17, 15) is 9.18 Å². The van der Waals surface area contributed by atoms with Gasteiger partial charge in [0.1, 0.15) is 5.82 Å². The van der Waals surface area contributed by atoms with Gasteiger partial charge in [-0.05, 0) is 24.6 Å². The first-order valence-electron chi connectivity index (χ1n) is 5.42. The number of rotatable bonds is 6. The molecule has 2 N–H and O–H groups in total. The standard InChI is InChI=1S/C12H16FNO2/c1-2-3-4-7-14-11-6-5-9(13)8-10(11)12(15)16/h5-6,8,14H,2-4,7H2,1H3,(H,15,16). The SMILES string of the molecule is CCCCCNc1ccc(F)cc1C(=O)O. The number of aromatic carboxylic acids is 1. The maximum absolute atomic E-state index is 12.9. The summed E-state index contributed by atoms with van der Waals surface area (Å²) in [4.78, 5) is 10.9. The van der Waals surface area contributed by atoms with Crippen LogP contribution in [-0.2, 0) is 0 Å². The number of anilines is 1. The van der Waals surface area contributed by atoms with Gasteiger partial charge >= 0.3 is 5.97 Å². The summed E-state index contributed by atoms with van der Waals surface area (Å²) in [5, 5.41) is 11.9. The van der Waals surface area contributed by atoms with Crippen LogP contribution >= 0.6 is 0 Å². The summed E-state index contributed by atoms with van der Waals surface area (Å²) >= 11 is 0. The Morgan fingerprint density at radius 2 is 2.19 bits per heavy atom. The van der Waals surface area contributed by atoms with E-state index in [0.29, 0.717) is 12.2 Å². The van der Waals surface area contributed by atoms with Crippen LogP contribution in [0.3, 0.4) is 0 Å². The average molecular weight is 225 g/mol. The maximum Gasteiger partial charge on any atom is 0.337 e. The van der Waals surface area contributed by atoms with Crippen molar-refractivity contribution in [3.8, 4) is 0 Å². The first kappa shape index (κ1) is 12.5. The summed E-state index contributed by atoms with van der Waals surface area (Å²) in [6.07, 6.45) is 3.18. The molecule has 3 nitrogen and oxygen atoms in total. The molecule has 0 unspecified atom stereocenters. The van der Waals surface area contributed by atoms with Gasteiger partial charge in [0.2, 0.25) is 0 Å². The fraction of sp³-hybridized carbons (Fsp3) is 0.417. The molecule has 1 aromatic carbocycles. The number of carboxylic acid groups (broad SMARTS) is 1. The minimum absolute atomic E-state index is 0.0171. The molecule has 0 saturated carbocycles. The lowest BCUT2D eigenvalue weighted by Crippen LogP contribution is -2.08. The van der Waals surface area contributed by atoms with E-state index < -0.39 is 11.8 Å². The van der Waals surface area contributed by atoms with Crippen LogP contribution in [0.25, 0.3) is 0 Å². The second-order valence-corrected chi connectivity index (χ2v) is 3.63. The number of hydrogen-bond donors (Lipinski definition) is 2. The van der Waals surface area contributed by atoms with E-state index in [1.54, 1.807) is 0 Å². The topological polar surface area (TPSA) is 49.3 Å². The van der Waals surface area contributed by atoms with Crippen LogP contribution in [0.2, 0.25) is 0 Å². The van der Waals surface area contributed by atoms with Gasteiger partial charge in [0.25, 0.3) is 0 Å². The number of halogens is 1. The summed E-state index contributed by atoms with van der Waals surface area (Å²) < 4.78 is 12.9. The molecule has 0 amide bonds. The molecule has 0 spiro atoms. The van der Waals surface area contributed by atoms with Gasteiger partial charge in [0.15, 0.2) is 0 Å². The van der Waals surface area contributed by atoms with Gasteiger partial charge in [-0.25, -0.2) is 9.18 Å². The minimum Gasteiger partial charge on any atom is -0.478 e. The van der Waals surface area contributed by atoms with Crippen molar-refractivity contribution in [1.82, 2.24) is 0 Å². The molecule has 1 rings (SSSR count). The highest BCUT2D eigenvalue weighted by atomic mass is 19.1. The lowest BCUT2D eigenvalue weighted by atomic mass is 10.1. The zero-order valence-corrected chi connectivity index (χ0v) is 9.29. The van der Waals surface area contributed by atoms with Gasteiger partial charge in [0, 0.05) is 12.2 Å². The van der Waals surface area contributed by atoms with Crippen LogP contribution in [-0.4, -0.2) is 17.6 Å². The van der Waals surface area contributed by atoms with Crippen molar-refractivity contribution in [2.45, 2.75) is 26.2 Å². The lowest BCUT2D eigenvalue weighted by molar-refractivity contribution is 0.0697. The summed E-state index contributed by atoms with van der Waals surface area (Å²) in [6, 6.07) is 3.75. The van der Waals surface area contributed by atoms with Crippen molar-refractivity contribution >= 4 is 11.7 Å². The molecule has 0 aliphatic heterocycles. The molecule has 0 fully saturated rings. The van der Waals surface area contributed by atoms with Crippen LogP contribution in [0.4, 0.5) is 10.1 Å². The third-order valence-corrected chi connectivity index (χ3v) is 2.31. The molecule has 0 aliphatic carbocycles. The molecule has 16 heavy (non-hydrogen) atoms. The fourth-order valence-corrected chi connectivity index (χ4v) is 1.45. The molecule has 0 bridgehead atoms. The number of hydrogen-bond acceptors (Lipinski definition) is 2. The molecule has 0 saturated heterocycles. The zero-order chi connectivity index (χ0) is 12.0. The Morgan fingerprint density at radius 1 is 1.44 bits per heavy atom. The third-order valence-electron chi connectivity index (χ3n) is 2.31. The molecule has 88 valence electrons. The van der Waals surface area contributed by atoms with E-state index in [1.165, 1.54) is 12.1 Å². The highest BCUT2D eigenvalue weighted by molar-refractivity contribution is 5.94. The Morgan fingerprint density at radius 3 is 2.81 bits per heavy atom. The van der Waals surface area contributed by atoms with Crippen LogP contribution in [0, 0.1) is 5.82 Å². The van der Waals surface area contributed by atoms with Gasteiger partial charge in [0.05, 0.1) is 5.56 Å². The highest BCUT2D eigenvalue weighted by Gasteiger charge is 2.10. The molecule has 4 heteroatoms. The average Bonchev–Trinajstić information content (AvgIpc) is 2.26. The van der Waals surface area contributed by atoms with Gasteiger partial charge < -0.3 is 10.4 Å². The van der Waals surface area contributed by atoms with Gasteiger partial charge in [-0.15, -0.1) is 0 Å². The molecular formula is C12H16FNO2. The van der Waals surface area contributed by atoms with Crippen molar-refractivity contribution < 1.29 is 14.3 Å². The Hall–Kier alpha value is -1.58. The van der Waals surface area contributed by atoms with Crippen molar-refractivity contribution in [3.63, 3.8) is 0 Å². The largest absolute Gasteiger partial charge is 0.478 e. The molecule has 1 aromatic rings. The summed E-state index contributed by atoms with van der Waals surface area (Å²) in [6.45, 7) is 2.81.